The number of carbonyl (C=O) groups excluding carboxylic acids is 2. The third-order valence-corrected chi connectivity index (χ3v) is 6.47. The minimum atomic E-state index is -0.200. The van der Waals surface area contributed by atoms with E-state index in [4.69, 9.17) is 9.47 Å². The third-order valence-electron chi connectivity index (χ3n) is 5.48. The first-order valence-corrected chi connectivity index (χ1v) is 11.8. The van der Waals surface area contributed by atoms with Crippen LogP contribution in [0.25, 0.3) is 0 Å². The van der Waals surface area contributed by atoms with Crippen molar-refractivity contribution in [3.63, 3.8) is 0 Å². The summed E-state index contributed by atoms with van der Waals surface area (Å²) in [6.45, 7) is 9.11. The van der Waals surface area contributed by atoms with Crippen LogP contribution in [0.1, 0.15) is 36.8 Å². The Bertz CT molecular complexity index is 940. The van der Waals surface area contributed by atoms with Gasteiger partial charge in [0.25, 0.3) is 0 Å². The molecule has 7 heteroatoms. The normalized spacial score (nSPS) is 15.2. The Balaban J connectivity index is 1.76. The first-order chi connectivity index (χ1) is 15.4. The van der Waals surface area contributed by atoms with E-state index in [1.54, 1.807) is 29.4 Å². The molecule has 0 saturated carbocycles. The maximum atomic E-state index is 13.4. The van der Waals surface area contributed by atoms with Crippen molar-refractivity contribution in [1.29, 1.82) is 0 Å². The number of fused-ring (bicyclic) bond motifs is 1. The van der Waals surface area contributed by atoms with Crippen molar-refractivity contribution >= 4 is 23.2 Å². The van der Waals surface area contributed by atoms with Gasteiger partial charge in [-0.05, 0) is 41.5 Å². The second-order valence-corrected chi connectivity index (χ2v) is 9.30. The van der Waals surface area contributed by atoms with Crippen molar-refractivity contribution in [3.05, 3.63) is 58.8 Å². The molecule has 0 radical (unpaired) electrons. The van der Waals surface area contributed by atoms with Gasteiger partial charge in [-0.3, -0.25) is 9.59 Å². The van der Waals surface area contributed by atoms with Gasteiger partial charge >= 0.3 is 0 Å². The van der Waals surface area contributed by atoms with E-state index in [0.717, 1.165) is 17.7 Å². The van der Waals surface area contributed by atoms with E-state index >= 15 is 0 Å². The largest absolute Gasteiger partial charge is 0.497 e. The van der Waals surface area contributed by atoms with E-state index in [1.807, 2.05) is 43.0 Å². The lowest BCUT2D eigenvalue weighted by molar-refractivity contribution is -0.142. The molecule has 1 unspecified atom stereocenters. The summed E-state index contributed by atoms with van der Waals surface area (Å²) in [7, 11) is 1.62. The minimum absolute atomic E-state index is 0.0225. The van der Waals surface area contributed by atoms with Crippen molar-refractivity contribution in [2.24, 2.45) is 5.92 Å². The molecule has 3 rings (SSSR count). The summed E-state index contributed by atoms with van der Waals surface area (Å²) in [6, 6.07) is 9.33. The predicted molar refractivity (Wildman–Crippen MR) is 127 cm³/mol. The molecule has 0 aliphatic carbocycles. The van der Waals surface area contributed by atoms with Gasteiger partial charge < -0.3 is 19.3 Å². The van der Waals surface area contributed by atoms with Gasteiger partial charge in [-0.1, -0.05) is 26.0 Å². The summed E-state index contributed by atoms with van der Waals surface area (Å²) >= 11 is 1.71. The molecule has 1 aromatic carbocycles. The summed E-state index contributed by atoms with van der Waals surface area (Å²) in [5.41, 5.74) is 1.13. The number of nitrogens with zero attached hydrogens (tertiary/aromatic N) is 2. The topological polar surface area (TPSA) is 59.1 Å². The van der Waals surface area contributed by atoms with Crippen LogP contribution in [0.4, 0.5) is 0 Å². The Hall–Kier alpha value is -2.80. The zero-order chi connectivity index (χ0) is 23.1. The number of benzene rings is 1. The number of hydrogen-bond donors (Lipinski definition) is 0. The maximum Gasteiger partial charge on any atom is 0.242 e. The van der Waals surface area contributed by atoms with Crippen LogP contribution in [0, 0.1) is 5.92 Å². The highest BCUT2D eigenvalue weighted by molar-refractivity contribution is 7.10. The van der Waals surface area contributed by atoms with Crippen LogP contribution in [-0.2, 0) is 16.0 Å². The molecule has 0 fully saturated rings. The second-order valence-electron chi connectivity index (χ2n) is 8.30. The van der Waals surface area contributed by atoms with Gasteiger partial charge in [0, 0.05) is 30.5 Å². The van der Waals surface area contributed by atoms with E-state index in [9.17, 15) is 9.59 Å². The second kappa shape index (κ2) is 11.2. The smallest absolute Gasteiger partial charge is 0.242 e. The van der Waals surface area contributed by atoms with Crippen LogP contribution < -0.4 is 9.47 Å². The number of ether oxygens (including phenoxy) is 2. The molecule has 2 heterocycles. The van der Waals surface area contributed by atoms with E-state index in [0.29, 0.717) is 31.9 Å². The molecule has 2 aromatic rings. The lowest BCUT2D eigenvalue weighted by atomic mass is 10.0. The summed E-state index contributed by atoms with van der Waals surface area (Å²) in [6.07, 6.45) is 2.90. The van der Waals surface area contributed by atoms with Crippen molar-refractivity contribution in [2.75, 3.05) is 33.4 Å². The fourth-order valence-electron chi connectivity index (χ4n) is 3.88. The molecule has 1 aliphatic heterocycles. The number of hydrogen-bond acceptors (Lipinski definition) is 5. The first kappa shape index (κ1) is 23.9. The van der Waals surface area contributed by atoms with Crippen LogP contribution >= 0.6 is 11.3 Å². The Morgan fingerprint density at radius 1 is 1.31 bits per heavy atom. The highest BCUT2D eigenvalue weighted by atomic mass is 32.1. The quantitative estimate of drug-likeness (QED) is 0.500. The number of amides is 2. The summed E-state index contributed by atoms with van der Waals surface area (Å²) in [5, 5.41) is 2.06. The minimum Gasteiger partial charge on any atom is -0.497 e. The highest BCUT2D eigenvalue weighted by Gasteiger charge is 2.33. The Kier molecular flexibility index (Phi) is 8.33. The third kappa shape index (κ3) is 5.91. The monoisotopic (exact) mass is 456 g/mol. The zero-order valence-electron chi connectivity index (χ0n) is 19.1. The van der Waals surface area contributed by atoms with Gasteiger partial charge in [0.2, 0.25) is 11.8 Å². The molecule has 2 amide bonds. The highest BCUT2D eigenvalue weighted by Crippen LogP contribution is 2.34. The zero-order valence-corrected chi connectivity index (χ0v) is 19.9. The van der Waals surface area contributed by atoms with E-state index in [2.05, 4.69) is 18.0 Å². The average molecular weight is 457 g/mol. The fourth-order valence-corrected chi connectivity index (χ4v) is 4.81. The lowest BCUT2D eigenvalue weighted by Crippen LogP contribution is -2.48. The van der Waals surface area contributed by atoms with Crippen molar-refractivity contribution in [1.82, 2.24) is 9.80 Å². The SMILES string of the molecule is C=CCN(CC(=O)N1CCc2sccc2C1COc1cccc(OC)c1)C(=O)CC(C)C. The molecule has 1 aromatic heterocycles. The van der Waals surface area contributed by atoms with Crippen LogP contribution in [-0.4, -0.2) is 55.0 Å². The molecule has 0 bridgehead atoms. The van der Waals surface area contributed by atoms with Gasteiger partial charge in [0.05, 0.1) is 13.2 Å². The number of methoxy groups -OCH3 is 1. The first-order valence-electron chi connectivity index (χ1n) is 10.9. The van der Waals surface area contributed by atoms with Gasteiger partial charge in [-0.2, -0.15) is 0 Å². The molecule has 0 saturated heterocycles. The molecule has 1 aliphatic rings. The van der Waals surface area contributed by atoms with Crippen LogP contribution in [0.2, 0.25) is 0 Å². The van der Waals surface area contributed by atoms with Gasteiger partial charge in [0.15, 0.2) is 0 Å². The molecule has 0 N–H and O–H groups in total. The van der Waals surface area contributed by atoms with Crippen molar-refractivity contribution in [2.45, 2.75) is 32.7 Å². The summed E-state index contributed by atoms with van der Waals surface area (Å²) in [4.78, 5) is 30.7. The molecule has 0 spiro atoms. The van der Waals surface area contributed by atoms with E-state index in [1.165, 1.54) is 4.88 Å². The summed E-state index contributed by atoms with van der Waals surface area (Å²) < 4.78 is 11.4. The van der Waals surface area contributed by atoms with Crippen molar-refractivity contribution < 1.29 is 19.1 Å². The number of rotatable bonds is 10. The Labute approximate surface area is 194 Å². The molecule has 1 atom stereocenters. The van der Waals surface area contributed by atoms with Crippen molar-refractivity contribution in [3.8, 4) is 11.5 Å². The van der Waals surface area contributed by atoms with Gasteiger partial charge in [-0.15, -0.1) is 17.9 Å². The average Bonchev–Trinajstić information content (AvgIpc) is 3.25. The molecule has 32 heavy (non-hydrogen) atoms. The Morgan fingerprint density at radius 3 is 2.81 bits per heavy atom. The fraction of sp³-hybridized carbons (Fsp3) is 0.440. The van der Waals surface area contributed by atoms with Gasteiger partial charge in [-0.25, -0.2) is 0 Å². The van der Waals surface area contributed by atoms with Crippen LogP contribution in [0.3, 0.4) is 0 Å². The number of carbonyl (C=O) groups is 2. The molecular formula is C25H32N2O4S. The predicted octanol–water partition coefficient (Wildman–Crippen LogP) is 4.32. The van der Waals surface area contributed by atoms with Crippen LogP contribution in [0.15, 0.2) is 48.4 Å². The Morgan fingerprint density at radius 2 is 2.09 bits per heavy atom. The van der Waals surface area contributed by atoms with Crippen LogP contribution in [0.5, 0.6) is 11.5 Å². The standard InChI is InChI=1S/C25H32N2O4S/c1-5-11-26(24(28)14-18(2)3)16-25(29)27-12-9-23-21(10-13-32-23)22(27)17-31-20-8-6-7-19(15-20)30-4/h5-8,10,13,15,18,22H,1,9,11-12,14,16-17H2,2-4H3. The van der Waals surface area contributed by atoms with E-state index in [-0.39, 0.29) is 30.3 Å². The molecule has 6 nitrogen and oxygen atoms in total. The van der Waals surface area contributed by atoms with Gasteiger partial charge in [0.1, 0.15) is 24.7 Å². The number of thiophene rings is 1. The maximum absolute atomic E-state index is 13.4. The molecular weight excluding hydrogens is 424 g/mol. The lowest BCUT2D eigenvalue weighted by Gasteiger charge is -2.37. The van der Waals surface area contributed by atoms with E-state index < -0.39 is 0 Å². The summed E-state index contributed by atoms with van der Waals surface area (Å²) in [5.74, 6) is 1.56. The molecule has 172 valence electrons.